The molecule has 0 aromatic rings. The summed E-state index contributed by atoms with van der Waals surface area (Å²) in [6.07, 6.45) is 1.95. The van der Waals surface area contributed by atoms with Crippen LogP contribution in [0.4, 0.5) is 0 Å². The van der Waals surface area contributed by atoms with E-state index >= 15 is 0 Å². The van der Waals surface area contributed by atoms with Crippen LogP contribution in [0.15, 0.2) is 11.3 Å². The molecule has 0 bridgehead atoms. The molecular formula is C4H11LiOSi. The normalized spacial score (nSPS) is 12.1. The van der Waals surface area contributed by atoms with Crippen molar-refractivity contribution in [2.45, 2.75) is 13.8 Å². The summed E-state index contributed by atoms with van der Waals surface area (Å²) in [6, 6.07) is 0. The van der Waals surface area contributed by atoms with E-state index in [1.165, 1.54) is 0 Å². The van der Waals surface area contributed by atoms with Gasteiger partial charge in [0.05, 0.1) is 0 Å². The van der Waals surface area contributed by atoms with E-state index in [0.717, 1.165) is 5.20 Å². The van der Waals surface area contributed by atoms with Crippen LogP contribution in [0.5, 0.6) is 0 Å². The van der Waals surface area contributed by atoms with Gasteiger partial charge in [-0.25, -0.2) is 0 Å². The van der Waals surface area contributed by atoms with Gasteiger partial charge in [0.15, 0.2) is 9.76 Å². The van der Waals surface area contributed by atoms with Gasteiger partial charge in [0, 0.05) is 0 Å². The van der Waals surface area contributed by atoms with Crippen LogP contribution in [0.2, 0.25) is 0 Å². The second kappa shape index (κ2) is 6.51. The topological polar surface area (TPSA) is 20.2 Å². The second-order valence-electron chi connectivity index (χ2n) is 1.29. The van der Waals surface area contributed by atoms with Gasteiger partial charge in [-0.3, -0.25) is 0 Å². The first-order chi connectivity index (χ1) is 2.81. The Bertz CT molecular complexity index is 67.1. The minimum atomic E-state index is -0.801. The fourth-order valence-electron chi connectivity index (χ4n) is 0.0913. The molecule has 0 rings (SSSR count). The van der Waals surface area contributed by atoms with E-state index in [2.05, 4.69) is 0 Å². The molecule has 0 aromatic carbocycles. The molecule has 0 saturated carbocycles. The van der Waals surface area contributed by atoms with Gasteiger partial charge in [-0.2, -0.15) is 0 Å². The van der Waals surface area contributed by atoms with Gasteiger partial charge in [0.25, 0.3) is 0 Å². The predicted molar refractivity (Wildman–Crippen MR) is 31.3 cm³/mol. The van der Waals surface area contributed by atoms with Crippen LogP contribution in [0.25, 0.3) is 0 Å². The molecule has 1 nitrogen and oxygen atoms in total. The van der Waals surface area contributed by atoms with Crippen LogP contribution in [0, 0.1) is 0 Å². The summed E-state index contributed by atoms with van der Waals surface area (Å²) >= 11 is 0. The smallest absolute Gasteiger partial charge is 1.00 e. The molecule has 0 aromatic heterocycles. The van der Waals surface area contributed by atoms with Crippen LogP contribution >= 0.6 is 0 Å². The van der Waals surface area contributed by atoms with Gasteiger partial charge in [0.1, 0.15) is 0 Å². The Morgan fingerprint density at radius 1 is 1.86 bits per heavy atom. The van der Waals surface area contributed by atoms with E-state index in [4.69, 9.17) is 4.80 Å². The van der Waals surface area contributed by atoms with Gasteiger partial charge in [0.2, 0.25) is 0 Å². The molecule has 0 saturated heterocycles. The quantitative estimate of drug-likeness (QED) is 0.359. The standard InChI is InChI=1S/C4H10OSi.Li.H/c1-3-4(2)6-5;;/h3,5H,6H2,1-2H3;;/q;+1;-1. The molecule has 3 heteroatoms. The van der Waals surface area contributed by atoms with Gasteiger partial charge >= 0.3 is 18.9 Å². The maximum atomic E-state index is 8.41. The minimum Gasteiger partial charge on any atom is -1.00 e. The SMILES string of the molecule is CC=C(C)[SiH2]O.[H-].[Li+]. The number of rotatable bonds is 1. The summed E-state index contributed by atoms with van der Waals surface area (Å²) < 4.78 is 0. The molecule has 0 spiro atoms. The number of hydrogen-bond donors (Lipinski definition) is 1. The van der Waals surface area contributed by atoms with Gasteiger partial charge in [-0.1, -0.05) is 11.3 Å². The van der Waals surface area contributed by atoms with Gasteiger partial charge in [-0.15, -0.1) is 0 Å². The maximum absolute atomic E-state index is 8.41. The molecule has 0 atom stereocenters. The molecule has 1 N–H and O–H groups in total. The second-order valence-corrected chi connectivity index (χ2v) is 2.72. The molecule has 38 valence electrons. The monoisotopic (exact) mass is 110 g/mol. The van der Waals surface area contributed by atoms with Crippen LogP contribution < -0.4 is 18.9 Å². The zero-order valence-electron chi connectivity index (χ0n) is 6.23. The van der Waals surface area contributed by atoms with Crippen molar-refractivity contribution in [2.24, 2.45) is 0 Å². The first-order valence-electron chi connectivity index (χ1n) is 2.04. The molecule has 0 aliphatic heterocycles. The Balaban J connectivity index is -0.000000125. The van der Waals surface area contributed by atoms with Crippen LogP contribution in [-0.4, -0.2) is 14.6 Å². The van der Waals surface area contributed by atoms with Crippen molar-refractivity contribution in [1.82, 2.24) is 0 Å². The van der Waals surface area contributed by atoms with Crippen molar-refractivity contribution in [1.29, 1.82) is 0 Å². The van der Waals surface area contributed by atoms with E-state index in [0.29, 0.717) is 0 Å². The third-order valence-corrected chi connectivity index (χ3v) is 1.65. The summed E-state index contributed by atoms with van der Waals surface area (Å²) in [7, 11) is -0.801. The van der Waals surface area contributed by atoms with Crippen molar-refractivity contribution in [2.75, 3.05) is 0 Å². The third kappa shape index (κ3) is 6.51. The molecule has 0 radical (unpaired) electrons. The number of allylic oxidation sites excluding steroid dienone is 2. The van der Waals surface area contributed by atoms with Gasteiger partial charge in [-0.05, 0) is 13.8 Å². The Hall–Kier alpha value is 0.514. The Morgan fingerprint density at radius 3 is 2.29 bits per heavy atom. The summed E-state index contributed by atoms with van der Waals surface area (Å²) in [5.74, 6) is 0. The van der Waals surface area contributed by atoms with Crippen molar-refractivity contribution in [3.8, 4) is 0 Å². The van der Waals surface area contributed by atoms with Crippen LogP contribution in [-0.2, 0) is 0 Å². The van der Waals surface area contributed by atoms with Crippen LogP contribution in [0.1, 0.15) is 15.3 Å². The first kappa shape index (κ1) is 10.5. The molecule has 0 aliphatic rings. The van der Waals surface area contributed by atoms with E-state index in [-0.39, 0.29) is 20.3 Å². The summed E-state index contributed by atoms with van der Waals surface area (Å²) in [5, 5.41) is 1.16. The average Bonchev–Trinajstić information content (AvgIpc) is 1.65. The average molecular weight is 110 g/mol. The fourth-order valence-corrected chi connectivity index (χ4v) is 0.274. The summed E-state index contributed by atoms with van der Waals surface area (Å²) in [4.78, 5) is 8.41. The zero-order valence-corrected chi connectivity index (χ0v) is 6.65. The van der Waals surface area contributed by atoms with Crippen molar-refractivity contribution in [3.63, 3.8) is 0 Å². The number of hydrogen-bond acceptors (Lipinski definition) is 1. The molecule has 0 unspecified atom stereocenters. The maximum Gasteiger partial charge on any atom is 1.00 e. The van der Waals surface area contributed by atoms with E-state index in [1.807, 2.05) is 19.9 Å². The Labute approximate surface area is 60.4 Å². The zero-order chi connectivity index (χ0) is 4.99. The molecule has 7 heavy (non-hydrogen) atoms. The fraction of sp³-hybridized carbons (Fsp3) is 0.500. The molecular weight excluding hydrogens is 99.1 g/mol. The molecule has 0 aliphatic carbocycles. The first-order valence-corrected chi connectivity index (χ1v) is 3.38. The molecule has 0 amide bonds. The summed E-state index contributed by atoms with van der Waals surface area (Å²) in [5.41, 5.74) is 0. The van der Waals surface area contributed by atoms with Gasteiger partial charge < -0.3 is 6.22 Å². The largest absolute Gasteiger partial charge is 1.00 e. The van der Waals surface area contributed by atoms with Crippen molar-refractivity contribution < 1.29 is 25.1 Å². The van der Waals surface area contributed by atoms with Crippen LogP contribution in [0.3, 0.4) is 0 Å². The molecule has 0 heterocycles. The van der Waals surface area contributed by atoms with Crippen molar-refractivity contribution in [3.05, 3.63) is 11.3 Å². The Morgan fingerprint density at radius 2 is 2.29 bits per heavy atom. The van der Waals surface area contributed by atoms with E-state index < -0.39 is 9.76 Å². The van der Waals surface area contributed by atoms with Crippen molar-refractivity contribution >= 4 is 9.76 Å². The van der Waals surface area contributed by atoms with E-state index in [1.54, 1.807) is 0 Å². The van der Waals surface area contributed by atoms with E-state index in [9.17, 15) is 0 Å². The predicted octanol–water partition coefficient (Wildman–Crippen LogP) is -2.90. The Kier molecular flexibility index (Phi) is 9.76. The molecule has 0 fully saturated rings. The summed E-state index contributed by atoms with van der Waals surface area (Å²) in [6.45, 7) is 3.89. The minimum absolute atomic E-state index is 0. The third-order valence-electron chi connectivity index (χ3n) is 0.742.